The van der Waals surface area contributed by atoms with Crippen LogP contribution in [0.5, 0.6) is 0 Å². The molecule has 1 rings (SSSR count). The number of thioether (sulfide) groups is 1. The van der Waals surface area contributed by atoms with Crippen molar-refractivity contribution in [3.8, 4) is 0 Å². The second-order valence-corrected chi connectivity index (χ2v) is 5.41. The predicted octanol–water partition coefficient (Wildman–Crippen LogP) is 2.18. The van der Waals surface area contributed by atoms with Crippen LogP contribution in [0.4, 0.5) is 0 Å². The molecule has 5 heteroatoms. The van der Waals surface area contributed by atoms with Crippen molar-refractivity contribution in [1.29, 1.82) is 0 Å². The van der Waals surface area contributed by atoms with Gasteiger partial charge in [-0.15, -0.1) is 11.8 Å². The molecule has 0 heterocycles. The fourth-order valence-electron chi connectivity index (χ4n) is 1.59. The molecule has 0 atom stereocenters. The van der Waals surface area contributed by atoms with Crippen LogP contribution in [-0.4, -0.2) is 52.9 Å². The molecule has 0 aliphatic rings. The van der Waals surface area contributed by atoms with Crippen LogP contribution in [0.25, 0.3) is 0 Å². The highest BCUT2D eigenvalue weighted by Crippen LogP contribution is 2.18. The van der Waals surface area contributed by atoms with Gasteiger partial charge >= 0.3 is 0 Å². The topological polar surface area (TPSA) is 39.7 Å². The highest BCUT2D eigenvalue weighted by atomic mass is 32.2. The van der Waals surface area contributed by atoms with E-state index < -0.39 is 0 Å². The van der Waals surface area contributed by atoms with Crippen LogP contribution in [0.3, 0.4) is 0 Å². The lowest BCUT2D eigenvalue weighted by molar-refractivity contribution is 0.0286. The molecule has 0 spiro atoms. The van der Waals surface area contributed by atoms with Crippen molar-refractivity contribution in [3.05, 3.63) is 29.8 Å². The molecular formula is C15H25NO3S. The van der Waals surface area contributed by atoms with Crippen molar-refractivity contribution in [1.82, 2.24) is 5.32 Å². The molecule has 1 N–H and O–H groups in total. The van der Waals surface area contributed by atoms with Crippen LogP contribution in [0.2, 0.25) is 0 Å². The SMILES string of the molecule is CNCc1ccc(SCCOCCOCCOC)cc1. The minimum atomic E-state index is 0.632. The van der Waals surface area contributed by atoms with E-state index in [0.29, 0.717) is 26.4 Å². The van der Waals surface area contributed by atoms with Crippen LogP contribution < -0.4 is 5.32 Å². The molecule has 0 aromatic heterocycles. The lowest BCUT2D eigenvalue weighted by Crippen LogP contribution is -2.09. The number of hydrogen-bond acceptors (Lipinski definition) is 5. The number of methoxy groups -OCH3 is 1. The first-order valence-corrected chi connectivity index (χ1v) is 7.86. The summed E-state index contributed by atoms with van der Waals surface area (Å²) in [5.74, 6) is 0.962. The first-order chi connectivity index (χ1) is 9.86. The smallest absolute Gasteiger partial charge is 0.0701 e. The first-order valence-electron chi connectivity index (χ1n) is 6.87. The summed E-state index contributed by atoms with van der Waals surface area (Å²) in [6.07, 6.45) is 0. The lowest BCUT2D eigenvalue weighted by Gasteiger charge is -2.06. The van der Waals surface area contributed by atoms with Crippen LogP contribution in [0.1, 0.15) is 5.56 Å². The van der Waals surface area contributed by atoms with E-state index in [2.05, 4.69) is 29.6 Å². The molecule has 0 aliphatic carbocycles. The molecule has 0 bridgehead atoms. The number of ether oxygens (including phenoxy) is 3. The van der Waals surface area contributed by atoms with Gasteiger partial charge in [-0.05, 0) is 24.7 Å². The zero-order valence-electron chi connectivity index (χ0n) is 12.4. The van der Waals surface area contributed by atoms with Crippen LogP contribution in [-0.2, 0) is 20.8 Å². The molecule has 1 aromatic rings. The molecule has 1 aromatic carbocycles. The van der Waals surface area contributed by atoms with Crippen molar-refractivity contribution < 1.29 is 14.2 Å². The summed E-state index contributed by atoms with van der Waals surface area (Å²) in [5, 5.41) is 3.14. The van der Waals surface area contributed by atoms with Crippen LogP contribution in [0.15, 0.2) is 29.2 Å². The summed E-state index contributed by atoms with van der Waals surface area (Å²) < 4.78 is 15.7. The molecule has 20 heavy (non-hydrogen) atoms. The van der Waals surface area contributed by atoms with E-state index in [-0.39, 0.29) is 0 Å². The third-order valence-electron chi connectivity index (χ3n) is 2.60. The van der Waals surface area contributed by atoms with Crippen LogP contribution in [0, 0.1) is 0 Å². The number of hydrogen-bond donors (Lipinski definition) is 1. The van der Waals surface area contributed by atoms with E-state index in [1.807, 2.05) is 18.8 Å². The molecular weight excluding hydrogens is 274 g/mol. The quantitative estimate of drug-likeness (QED) is 0.473. The Kier molecular flexibility index (Phi) is 10.6. The van der Waals surface area contributed by atoms with E-state index in [9.17, 15) is 0 Å². The molecule has 0 fully saturated rings. The molecule has 0 amide bonds. The van der Waals surface area contributed by atoms with Crippen molar-refractivity contribution in [2.24, 2.45) is 0 Å². The maximum atomic E-state index is 5.50. The van der Waals surface area contributed by atoms with Gasteiger partial charge in [-0.2, -0.15) is 0 Å². The van der Waals surface area contributed by atoms with Gasteiger partial charge in [0.2, 0.25) is 0 Å². The normalized spacial score (nSPS) is 10.9. The second-order valence-electron chi connectivity index (χ2n) is 4.24. The molecule has 4 nitrogen and oxygen atoms in total. The largest absolute Gasteiger partial charge is 0.382 e. The average molecular weight is 299 g/mol. The number of rotatable bonds is 12. The van der Waals surface area contributed by atoms with E-state index >= 15 is 0 Å². The Morgan fingerprint density at radius 3 is 2.25 bits per heavy atom. The maximum absolute atomic E-state index is 5.50. The fourth-order valence-corrected chi connectivity index (χ4v) is 2.36. The van der Waals surface area contributed by atoms with E-state index in [1.54, 1.807) is 7.11 Å². The number of nitrogens with one attached hydrogen (secondary N) is 1. The minimum absolute atomic E-state index is 0.632. The zero-order chi connectivity index (χ0) is 14.5. The van der Waals surface area contributed by atoms with E-state index in [1.165, 1.54) is 10.5 Å². The maximum Gasteiger partial charge on any atom is 0.0701 e. The van der Waals surface area contributed by atoms with E-state index in [0.717, 1.165) is 18.9 Å². The van der Waals surface area contributed by atoms with Crippen molar-refractivity contribution in [2.75, 3.05) is 52.9 Å². The summed E-state index contributed by atoms with van der Waals surface area (Å²) in [5.41, 5.74) is 1.31. The molecule has 114 valence electrons. The Bertz CT molecular complexity index is 332. The van der Waals surface area contributed by atoms with Gasteiger partial charge in [0.25, 0.3) is 0 Å². The van der Waals surface area contributed by atoms with Crippen molar-refractivity contribution in [2.45, 2.75) is 11.4 Å². The monoisotopic (exact) mass is 299 g/mol. The fraction of sp³-hybridized carbons (Fsp3) is 0.600. The predicted molar refractivity (Wildman–Crippen MR) is 83.4 cm³/mol. The minimum Gasteiger partial charge on any atom is -0.382 e. The van der Waals surface area contributed by atoms with Gasteiger partial charge in [-0.25, -0.2) is 0 Å². The van der Waals surface area contributed by atoms with Crippen molar-refractivity contribution in [3.63, 3.8) is 0 Å². The zero-order valence-corrected chi connectivity index (χ0v) is 13.2. The number of benzene rings is 1. The Morgan fingerprint density at radius 1 is 0.950 bits per heavy atom. The summed E-state index contributed by atoms with van der Waals surface area (Å²) in [6, 6.07) is 8.63. The summed E-state index contributed by atoms with van der Waals surface area (Å²) >= 11 is 1.81. The van der Waals surface area contributed by atoms with Gasteiger partial charge in [0, 0.05) is 24.3 Å². The molecule has 0 aliphatic heterocycles. The summed E-state index contributed by atoms with van der Waals surface area (Å²) in [4.78, 5) is 1.28. The van der Waals surface area contributed by atoms with Gasteiger partial charge in [0.1, 0.15) is 0 Å². The standard InChI is InChI=1S/C15H25NO3S/c1-16-13-14-3-5-15(6-4-14)20-12-11-19-10-9-18-8-7-17-2/h3-6,16H,7-13H2,1-2H3. The Balaban J connectivity index is 1.98. The molecule has 0 saturated heterocycles. The van der Waals surface area contributed by atoms with Crippen LogP contribution >= 0.6 is 11.8 Å². The molecule has 0 saturated carbocycles. The van der Waals surface area contributed by atoms with Gasteiger partial charge in [0.15, 0.2) is 0 Å². The molecule has 0 unspecified atom stereocenters. The Labute approximate surface area is 126 Å². The van der Waals surface area contributed by atoms with Gasteiger partial charge in [0.05, 0.1) is 33.0 Å². The van der Waals surface area contributed by atoms with Crippen molar-refractivity contribution >= 4 is 11.8 Å². The van der Waals surface area contributed by atoms with E-state index in [4.69, 9.17) is 14.2 Å². The molecule has 0 radical (unpaired) electrons. The Morgan fingerprint density at radius 2 is 1.60 bits per heavy atom. The van der Waals surface area contributed by atoms with Gasteiger partial charge < -0.3 is 19.5 Å². The third kappa shape index (κ3) is 8.55. The van der Waals surface area contributed by atoms with Gasteiger partial charge in [-0.1, -0.05) is 12.1 Å². The lowest BCUT2D eigenvalue weighted by atomic mass is 10.2. The first kappa shape index (κ1) is 17.5. The highest BCUT2D eigenvalue weighted by molar-refractivity contribution is 7.99. The second kappa shape index (κ2) is 12.2. The summed E-state index contributed by atoms with van der Waals surface area (Å²) in [6.45, 7) is 4.21. The average Bonchev–Trinajstić information content (AvgIpc) is 2.47. The van der Waals surface area contributed by atoms with Gasteiger partial charge in [-0.3, -0.25) is 0 Å². The highest BCUT2D eigenvalue weighted by Gasteiger charge is 1.96. The Hall–Kier alpha value is -0.590. The summed E-state index contributed by atoms with van der Waals surface area (Å²) in [7, 11) is 3.63. The third-order valence-corrected chi connectivity index (χ3v) is 3.58.